The Morgan fingerprint density at radius 2 is 2.05 bits per heavy atom. The van der Waals surface area contributed by atoms with Crippen molar-refractivity contribution in [1.29, 1.82) is 0 Å². The van der Waals surface area contributed by atoms with E-state index in [1.807, 2.05) is 0 Å². The number of carbonyl (C=O) groups is 1. The summed E-state index contributed by atoms with van der Waals surface area (Å²) in [6.45, 7) is 4.27. The molecule has 114 valence electrons. The second kappa shape index (κ2) is 5.34. The van der Waals surface area contributed by atoms with Gasteiger partial charge in [0.2, 0.25) is 0 Å². The molecule has 1 aliphatic heterocycles. The molecule has 21 heavy (non-hydrogen) atoms. The van der Waals surface area contributed by atoms with Crippen LogP contribution in [0.5, 0.6) is 0 Å². The molecule has 4 nitrogen and oxygen atoms in total. The molecule has 1 aromatic rings. The van der Waals surface area contributed by atoms with Gasteiger partial charge < -0.3 is 15.5 Å². The SMILES string of the molecule is Cc1ccc2c(c1)[C@H](NC(=O)N(C)C)CC21CCNCC1. The lowest BCUT2D eigenvalue weighted by atomic mass is 9.74. The van der Waals surface area contributed by atoms with Crippen molar-refractivity contribution in [2.45, 2.75) is 37.6 Å². The van der Waals surface area contributed by atoms with Gasteiger partial charge in [-0.3, -0.25) is 0 Å². The number of nitrogens with zero attached hydrogens (tertiary/aromatic N) is 1. The van der Waals surface area contributed by atoms with Crippen molar-refractivity contribution in [3.05, 3.63) is 34.9 Å². The summed E-state index contributed by atoms with van der Waals surface area (Å²) in [4.78, 5) is 13.7. The van der Waals surface area contributed by atoms with E-state index in [4.69, 9.17) is 0 Å². The van der Waals surface area contributed by atoms with Gasteiger partial charge in [-0.1, -0.05) is 23.8 Å². The Hall–Kier alpha value is -1.55. The molecule has 2 N–H and O–H groups in total. The first-order chi connectivity index (χ1) is 10.0. The molecule has 1 aliphatic carbocycles. The van der Waals surface area contributed by atoms with Gasteiger partial charge in [-0.25, -0.2) is 4.79 Å². The van der Waals surface area contributed by atoms with Crippen molar-refractivity contribution in [3.63, 3.8) is 0 Å². The highest BCUT2D eigenvalue weighted by Gasteiger charge is 2.44. The van der Waals surface area contributed by atoms with Gasteiger partial charge in [-0.05, 0) is 50.4 Å². The lowest BCUT2D eigenvalue weighted by Gasteiger charge is -2.35. The lowest BCUT2D eigenvalue weighted by Crippen LogP contribution is -2.40. The minimum absolute atomic E-state index is 0.00144. The minimum atomic E-state index is -0.00144. The number of piperidine rings is 1. The van der Waals surface area contributed by atoms with Crippen LogP contribution in [0, 0.1) is 6.92 Å². The fourth-order valence-electron chi connectivity index (χ4n) is 3.85. The summed E-state index contributed by atoms with van der Waals surface area (Å²) in [7, 11) is 3.59. The smallest absolute Gasteiger partial charge is 0.317 e. The third kappa shape index (κ3) is 2.53. The molecule has 1 saturated heterocycles. The number of benzene rings is 1. The number of amides is 2. The van der Waals surface area contributed by atoms with Crippen molar-refractivity contribution < 1.29 is 4.79 Å². The maximum Gasteiger partial charge on any atom is 0.317 e. The third-order valence-electron chi connectivity index (χ3n) is 5.01. The molecule has 0 unspecified atom stereocenters. The molecule has 0 bridgehead atoms. The maximum atomic E-state index is 12.1. The molecule has 0 aromatic heterocycles. The van der Waals surface area contributed by atoms with Crippen LogP contribution in [0.2, 0.25) is 0 Å². The molecule has 1 atom stereocenters. The highest BCUT2D eigenvalue weighted by molar-refractivity contribution is 5.74. The summed E-state index contributed by atoms with van der Waals surface area (Å²) in [5.41, 5.74) is 4.30. The van der Waals surface area contributed by atoms with Crippen LogP contribution in [0.3, 0.4) is 0 Å². The van der Waals surface area contributed by atoms with Crippen molar-refractivity contribution in [2.75, 3.05) is 27.2 Å². The van der Waals surface area contributed by atoms with Crippen LogP contribution in [0.1, 0.15) is 42.0 Å². The average Bonchev–Trinajstić information content (AvgIpc) is 2.73. The van der Waals surface area contributed by atoms with Crippen LogP contribution >= 0.6 is 0 Å². The fourth-order valence-corrected chi connectivity index (χ4v) is 3.85. The minimum Gasteiger partial charge on any atom is -0.331 e. The molecule has 2 aliphatic rings. The summed E-state index contributed by atoms with van der Waals surface area (Å²) >= 11 is 0. The summed E-state index contributed by atoms with van der Waals surface area (Å²) in [5, 5.41) is 6.66. The second-order valence-corrected chi connectivity index (χ2v) is 6.72. The monoisotopic (exact) mass is 287 g/mol. The molecule has 1 heterocycles. The highest BCUT2D eigenvalue weighted by Crippen LogP contribution is 2.50. The van der Waals surface area contributed by atoms with E-state index in [-0.39, 0.29) is 17.5 Å². The van der Waals surface area contributed by atoms with Crippen LogP contribution in [0.4, 0.5) is 4.79 Å². The number of rotatable bonds is 1. The van der Waals surface area contributed by atoms with E-state index in [2.05, 4.69) is 35.8 Å². The number of hydrogen-bond donors (Lipinski definition) is 2. The summed E-state index contributed by atoms with van der Waals surface area (Å²) in [6, 6.07) is 6.90. The molecule has 0 saturated carbocycles. The van der Waals surface area contributed by atoms with Crippen molar-refractivity contribution in [1.82, 2.24) is 15.5 Å². The lowest BCUT2D eigenvalue weighted by molar-refractivity contribution is 0.209. The topological polar surface area (TPSA) is 44.4 Å². The van der Waals surface area contributed by atoms with Gasteiger partial charge in [0.05, 0.1) is 6.04 Å². The predicted molar refractivity (Wildman–Crippen MR) is 84.5 cm³/mol. The standard InChI is InChI=1S/C17H25N3O/c1-12-4-5-14-13(10-12)15(19-16(21)20(2)3)11-17(14)6-8-18-9-7-17/h4-5,10,15,18H,6-9,11H2,1-3H3,(H,19,21)/t15-/m1/s1. The molecule has 1 spiro atoms. The van der Waals surface area contributed by atoms with Gasteiger partial charge in [0.1, 0.15) is 0 Å². The quantitative estimate of drug-likeness (QED) is 0.832. The molecule has 3 rings (SSSR count). The molecule has 4 heteroatoms. The first kappa shape index (κ1) is 14.4. The normalized spacial score (nSPS) is 22.9. The van der Waals surface area contributed by atoms with Gasteiger partial charge >= 0.3 is 6.03 Å². The highest BCUT2D eigenvalue weighted by atomic mass is 16.2. The molecular formula is C17H25N3O. The maximum absolute atomic E-state index is 12.1. The molecule has 2 amide bonds. The van der Waals surface area contributed by atoms with E-state index in [1.165, 1.54) is 16.7 Å². The van der Waals surface area contributed by atoms with Crippen molar-refractivity contribution in [3.8, 4) is 0 Å². The number of hydrogen-bond acceptors (Lipinski definition) is 2. The van der Waals surface area contributed by atoms with Crippen LogP contribution in [-0.2, 0) is 5.41 Å². The van der Waals surface area contributed by atoms with Crippen LogP contribution < -0.4 is 10.6 Å². The zero-order chi connectivity index (χ0) is 15.0. The number of aryl methyl sites for hydroxylation is 1. The summed E-state index contributed by atoms with van der Waals surface area (Å²) in [6.07, 6.45) is 3.36. The van der Waals surface area contributed by atoms with Gasteiger partial charge in [0, 0.05) is 19.5 Å². The van der Waals surface area contributed by atoms with Crippen molar-refractivity contribution >= 4 is 6.03 Å². The third-order valence-corrected chi connectivity index (χ3v) is 5.01. The van der Waals surface area contributed by atoms with Gasteiger partial charge in [-0.2, -0.15) is 0 Å². The Bertz CT molecular complexity index is 547. The Morgan fingerprint density at radius 3 is 2.71 bits per heavy atom. The number of fused-ring (bicyclic) bond motifs is 2. The number of urea groups is 1. The molecule has 1 fully saturated rings. The fraction of sp³-hybridized carbons (Fsp3) is 0.588. The Labute approximate surface area is 126 Å². The number of nitrogens with one attached hydrogen (secondary N) is 2. The first-order valence-electron chi connectivity index (χ1n) is 7.81. The van der Waals surface area contributed by atoms with Crippen LogP contribution in [0.15, 0.2) is 18.2 Å². The zero-order valence-electron chi connectivity index (χ0n) is 13.2. The van der Waals surface area contributed by atoms with E-state index in [9.17, 15) is 4.79 Å². The molecule has 0 radical (unpaired) electrons. The first-order valence-corrected chi connectivity index (χ1v) is 7.81. The van der Waals surface area contributed by atoms with E-state index < -0.39 is 0 Å². The van der Waals surface area contributed by atoms with Crippen LogP contribution in [-0.4, -0.2) is 38.1 Å². The van der Waals surface area contributed by atoms with E-state index >= 15 is 0 Å². The Balaban J connectivity index is 1.94. The van der Waals surface area contributed by atoms with Crippen LogP contribution in [0.25, 0.3) is 0 Å². The largest absolute Gasteiger partial charge is 0.331 e. The predicted octanol–water partition coefficient (Wildman–Crippen LogP) is 2.33. The van der Waals surface area contributed by atoms with E-state index in [0.29, 0.717) is 0 Å². The Morgan fingerprint density at radius 1 is 1.33 bits per heavy atom. The Kier molecular flexibility index (Phi) is 3.66. The van der Waals surface area contributed by atoms with E-state index in [1.54, 1.807) is 19.0 Å². The number of carbonyl (C=O) groups excluding carboxylic acids is 1. The summed E-state index contributed by atoms with van der Waals surface area (Å²) in [5.74, 6) is 0. The van der Waals surface area contributed by atoms with Gasteiger partial charge in [0.25, 0.3) is 0 Å². The van der Waals surface area contributed by atoms with Gasteiger partial charge in [-0.15, -0.1) is 0 Å². The molecule has 1 aromatic carbocycles. The van der Waals surface area contributed by atoms with Gasteiger partial charge in [0.15, 0.2) is 0 Å². The zero-order valence-corrected chi connectivity index (χ0v) is 13.2. The molecular weight excluding hydrogens is 262 g/mol. The second-order valence-electron chi connectivity index (χ2n) is 6.72. The van der Waals surface area contributed by atoms with Crippen molar-refractivity contribution in [2.24, 2.45) is 0 Å². The average molecular weight is 287 g/mol. The van der Waals surface area contributed by atoms with E-state index in [0.717, 1.165) is 32.4 Å². The summed E-state index contributed by atoms with van der Waals surface area (Å²) < 4.78 is 0.